The van der Waals surface area contributed by atoms with E-state index < -0.39 is 18.1 Å². The van der Waals surface area contributed by atoms with Crippen LogP contribution in [-0.2, 0) is 4.74 Å². The number of nitrogens with two attached hydrogens (primary N) is 3. The number of rotatable bonds is 5. The van der Waals surface area contributed by atoms with Gasteiger partial charge in [0.15, 0.2) is 5.82 Å². The largest absolute Gasteiger partial charge is 0.441 e. The van der Waals surface area contributed by atoms with Crippen LogP contribution in [0.5, 0.6) is 0 Å². The molecule has 10 nitrogen and oxygen atoms in total. The summed E-state index contributed by atoms with van der Waals surface area (Å²) >= 11 is 0. The van der Waals surface area contributed by atoms with Gasteiger partial charge in [0.2, 0.25) is 5.95 Å². The van der Waals surface area contributed by atoms with Crippen molar-refractivity contribution in [2.45, 2.75) is 13.0 Å². The lowest BCUT2D eigenvalue weighted by Crippen LogP contribution is -2.39. The maximum Gasteiger partial charge on any atom is 0.413 e. The number of pyridine rings is 1. The Bertz CT molecular complexity index is 810. The highest BCUT2D eigenvalue weighted by atomic mass is 19.1. The second kappa shape index (κ2) is 8.07. The van der Waals surface area contributed by atoms with E-state index in [1.54, 1.807) is 0 Å². The summed E-state index contributed by atoms with van der Waals surface area (Å²) in [6, 6.07) is 3.00. The molecule has 0 radical (unpaired) electrons. The van der Waals surface area contributed by atoms with E-state index in [2.05, 4.69) is 20.3 Å². The fraction of sp³-hybridized carbons (Fsp3) is 0.200. The van der Waals surface area contributed by atoms with E-state index in [9.17, 15) is 9.18 Å². The van der Waals surface area contributed by atoms with Crippen molar-refractivity contribution in [1.82, 2.24) is 25.3 Å². The molecular formula is C15H19FN8O2. The first-order valence-electron chi connectivity index (χ1n) is 7.43. The Morgan fingerprint density at radius 3 is 2.65 bits per heavy atom. The molecule has 0 saturated heterocycles. The summed E-state index contributed by atoms with van der Waals surface area (Å²) in [6.07, 6.45) is 2.16. The molecule has 2 heterocycles. The number of aromatic nitrogens is 3. The summed E-state index contributed by atoms with van der Waals surface area (Å²) < 4.78 is 18.8. The molecule has 0 saturated carbocycles. The van der Waals surface area contributed by atoms with E-state index in [1.165, 1.54) is 44.7 Å². The average molecular weight is 362 g/mol. The highest BCUT2D eigenvalue weighted by Crippen LogP contribution is 2.19. The van der Waals surface area contributed by atoms with Crippen LogP contribution >= 0.6 is 0 Å². The van der Waals surface area contributed by atoms with Gasteiger partial charge in [-0.2, -0.15) is 4.39 Å². The summed E-state index contributed by atoms with van der Waals surface area (Å²) in [6.45, 7) is 1.50. The molecule has 7 N–H and O–H groups in total. The number of nitrogens with zero attached hydrogens (tertiary/aromatic N) is 4. The Morgan fingerprint density at radius 2 is 2.08 bits per heavy atom. The van der Waals surface area contributed by atoms with Gasteiger partial charge >= 0.3 is 6.09 Å². The predicted molar refractivity (Wildman–Crippen MR) is 91.7 cm³/mol. The Balaban J connectivity index is 2.16. The fourth-order valence-electron chi connectivity index (χ4n) is 2.00. The zero-order chi connectivity index (χ0) is 19.3. The van der Waals surface area contributed by atoms with Gasteiger partial charge in [0.1, 0.15) is 23.3 Å². The second-order valence-electron chi connectivity index (χ2n) is 5.26. The van der Waals surface area contributed by atoms with Crippen molar-refractivity contribution in [3.8, 4) is 0 Å². The van der Waals surface area contributed by atoms with E-state index in [0.29, 0.717) is 0 Å². The van der Waals surface area contributed by atoms with Crippen molar-refractivity contribution in [3.63, 3.8) is 0 Å². The van der Waals surface area contributed by atoms with E-state index in [4.69, 9.17) is 22.0 Å². The highest BCUT2D eigenvalue weighted by molar-refractivity contribution is 5.74. The van der Waals surface area contributed by atoms with Crippen LogP contribution in [0.1, 0.15) is 24.3 Å². The minimum atomic E-state index is -0.889. The van der Waals surface area contributed by atoms with Gasteiger partial charge in [0, 0.05) is 18.8 Å². The molecule has 0 bridgehead atoms. The van der Waals surface area contributed by atoms with Crippen molar-refractivity contribution < 1.29 is 13.9 Å². The molecule has 0 aliphatic carbocycles. The molecule has 0 aromatic carbocycles. The third-order valence-corrected chi connectivity index (χ3v) is 3.29. The van der Waals surface area contributed by atoms with Crippen molar-refractivity contribution in [2.75, 3.05) is 12.8 Å². The maximum absolute atomic E-state index is 13.7. The molecule has 2 aromatic rings. The lowest BCUT2D eigenvalue weighted by atomic mass is 10.2. The van der Waals surface area contributed by atoms with Crippen molar-refractivity contribution in [1.29, 1.82) is 0 Å². The minimum absolute atomic E-state index is 0.0212. The summed E-state index contributed by atoms with van der Waals surface area (Å²) in [4.78, 5) is 23.5. The first-order valence-corrected chi connectivity index (χ1v) is 7.43. The monoisotopic (exact) mass is 362 g/mol. The quantitative estimate of drug-likeness (QED) is 0.337. The van der Waals surface area contributed by atoms with Crippen LogP contribution in [0, 0.1) is 5.95 Å². The number of carbonyl (C=O) groups is 1. The molecule has 0 fully saturated rings. The zero-order valence-electron chi connectivity index (χ0n) is 14.2. The summed E-state index contributed by atoms with van der Waals surface area (Å²) in [5, 5.41) is 3.48. The molecule has 2 rings (SSSR count). The number of amides is 1. The van der Waals surface area contributed by atoms with Crippen LogP contribution < -0.4 is 22.6 Å². The molecule has 1 atom stereocenters. The van der Waals surface area contributed by atoms with Crippen LogP contribution in [0.2, 0.25) is 0 Å². The minimum Gasteiger partial charge on any atom is -0.441 e. The molecule has 11 heteroatoms. The second-order valence-corrected chi connectivity index (χ2v) is 5.26. The van der Waals surface area contributed by atoms with E-state index in [1.807, 2.05) is 0 Å². The standard InChI is InChI=1S/C15H19FN8O2/c1-8(9-4-3-5-20-13(9)16)26-15(25)23-14(24(2)19)12(18)10-6-22-11(17)7-21-10/h3-8H,18-19H2,1-2H3,(H2,17,22)(H,23,25)/b14-12-. The fourth-order valence-corrected chi connectivity index (χ4v) is 2.00. The van der Waals surface area contributed by atoms with Crippen molar-refractivity contribution >= 4 is 17.6 Å². The van der Waals surface area contributed by atoms with Gasteiger partial charge in [-0.05, 0) is 19.1 Å². The molecule has 1 amide bonds. The third-order valence-electron chi connectivity index (χ3n) is 3.29. The zero-order valence-corrected chi connectivity index (χ0v) is 14.2. The van der Waals surface area contributed by atoms with Crippen molar-refractivity contribution in [3.05, 3.63) is 53.7 Å². The molecule has 26 heavy (non-hydrogen) atoms. The Hall–Kier alpha value is -3.47. The lowest BCUT2D eigenvalue weighted by Gasteiger charge is -2.21. The third kappa shape index (κ3) is 4.54. The van der Waals surface area contributed by atoms with Crippen LogP contribution in [-0.4, -0.2) is 33.1 Å². The van der Waals surface area contributed by atoms with E-state index >= 15 is 0 Å². The number of ether oxygens (including phenoxy) is 1. The Kier molecular flexibility index (Phi) is 5.86. The summed E-state index contributed by atoms with van der Waals surface area (Å²) in [5.41, 5.74) is 11.9. The number of hydrogen-bond acceptors (Lipinski definition) is 9. The van der Waals surface area contributed by atoms with Crippen molar-refractivity contribution in [2.24, 2.45) is 11.6 Å². The summed E-state index contributed by atoms with van der Waals surface area (Å²) in [5.74, 6) is 5.21. The Labute approximate surface area is 148 Å². The molecule has 0 aliphatic heterocycles. The van der Waals surface area contributed by atoms with Crippen LogP contribution in [0.3, 0.4) is 0 Å². The number of nitrogen functional groups attached to an aromatic ring is 1. The van der Waals surface area contributed by atoms with Crippen LogP contribution in [0.15, 0.2) is 36.5 Å². The highest BCUT2D eigenvalue weighted by Gasteiger charge is 2.19. The number of alkyl carbamates (subject to hydrolysis) is 1. The smallest absolute Gasteiger partial charge is 0.413 e. The number of anilines is 1. The summed E-state index contributed by atoms with van der Waals surface area (Å²) in [7, 11) is 1.46. The molecule has 2 aromatic heterocycles. The lowest BCUT2D eigenvalue weighted by molar-refractivity contribution is 0.105. The van der Waals surface area contributed by atoms with Gasteiger partial charge in [0.25, 0.3) is 0 Å². The first kappa shape index (κ1) is 18.9. The maximum atomic E-state index is 13.7. The van der Waals surface area contributed by atoms with Gasteiger partial charge in [-0.3, -0.25) is 10.3 Å². The molecule has 0 spiro atoms. The molecule has 1 unspecified atom stereocenters. The first-order chi connectivity index (χ1) is 12.3. The van der Waals surface area contributed by atoms with Gasteiger partial charge < -0.3 is 16.2 Å². The van der Waals surface area contributed by atoms with Gasteiger partial charge in [-0.15, -0.1) is 0 Å². The van der Waals surface area contributed by atoms with Crippen LogP contribution in [0.25, 0.3) is 5.70 Å². The van der Waals surface area contributed by atoms with E-state index in [0.717, 1.165) is 5.01 Å². The number of halogens is 1. The van der Waals surface area contributed by atoms with Crippen LogP contribution in [0.4, 0.5) is 15.0 Å². The number of nitrogens with one attached hydrogen (secondary N) is 1. The SMILES string of the molecule is CC(OC(=O)N/C(=C(/N)c1cnc(N)cn1)N(C)N)c1cccnc1F. The van der Waals surface area contributed by atoms with Gasteiger partial charge in [-0.25, -0.2) is 25.6 Å². The molecule has 0 aliphatic rings. The average Bonchev–Trinajstić information content (AvgIpc) is 2.59. The van der Waals surface area contributed by atoms with Gasteiger partial charge in [0.05, 0.1) is 12.4 Å². The number of hydrogen-bond donors (Lipinski definition) is 4. The normalized spacial score (nSPS) is 12.8. The van der Waals surface area contributed by atoms with Gasteiger partial charge in [-0.1, -0.05) is 0 Å². The number of hydrazine groups is 1. The van der Waals surface area contributed by atoms with E-state index in [-0.39, 0.29) is 28.6 Å². The molecular weight excluding hydrogens is 343 g/mol. The topological polar surface area (TPSA) is 158 Å². The molecule has 138 valence electrons. The number of carbonyl (C=O) groups excluding carboxylic acids is 1. The Morgan fingerprint density at radius 1 is 1.35 bits per heavy atom. The predicted octanol–water partition coefficient (Wildman–Crippen LogP) is 0.471.